The molecule has 0 atom stereocenters. The highest BCUT2D eigenvalue weighted by Crippen LogP contribution is 2.22. The number of hydrogen-bond donors (Lipinski definition) is 3. The van der Waals surface area contributed by atoms with Crippen LogP contribution in [-0.4, -0.2) is 46.6 Å². The second-order valence-corrected chi connectivity index (χ2v) is 4.37. The Hall–Kier alpha value is -3.09. The number of aromatic hydroxyl groups is 1. The summed E-state index contributed by atoms with van der Waals surface area (Å²) in [5, 5.41) is 19.7. The lowest BCUT2D eigenvalue weighted by atomic mass is 10.3. The molecule has 116 valence electrons. The van der Waals surface area contributed by atoms with Crippen LogP contribution in [0.5, 0.6) is 5.75 Å². The number of nitrogens with one attached hydrogen (secondary N) is 1. The average molecular weight is 302 g/mol. The molecule has 0 aliphatic carbocycles. The molecule has 7 nitrogen and oxygen atoms in total. The Kier molecular flexibility index (Phi) is 6.91. The molecule has 1 heterocycles. The van der Waals surface area contributed by atoms with Crippen LogP contribution in [0.15, 0.2) is 53.8 Å². The summed E-state index contributed by atoms with van der Waals surface area (Å²) in [5.74, 6) is 0.0931. The lowest BCUT2D eigenvalue weighted by Gasteiger charge is -2.02. The molecule has 0 fully saturated rings. The van der Waals surface area contributed by atoms with Gasteiger partial charge in [-0.2, -0.15) is 0 Å². The van der Waals surface area contributed by atoms with E-state index in [0.717, 1.165) is 0 Å². The smallest absolute Gasteiger partial charge is 0.409 e. The zero-order chi connectivity index (χ0) is 16.4. The van der Waals surface area contributed by atoms with Gasteiger partial charge in [-0.1, -0.05) is 18.2 Å². The first-order chi connectivity index (χ1) is 10.5. The van der Waals surface area contributed by atoms with Crippen LogP contribution in [0.4, 0.5) is 16.2 Å². The van der Waals surface area contributed by atoms with Crippen LogP contribution in [0.1, 0.15) is 0 Å². The highest BCUT2D eigenvalue weighted by molar-refractivity contribution is 5.82. The Morgan fingerprint density at radius 2 is 1.95 bits per heavy atom. The molecular weight excluding hydrogens is 284 g/mol. The van der Waals surface area contributed by atoms with Gasteiger partial charge in [-0.25, -0.2) is 9.79 Å². The van der Waals surface area contributed by atoms with Crippen LogP contribution in [0.2, 0.25) is 0 Å². The van der Waals surface area contributed by atoms with Gasteiger partial charge < -0.3 is 15.1 Å². The standard InChI is InChI=1S/C8H11N3O.C7H7NO2/c1-11(2)6-10-7-3-4-9-5-8(7)12;9-7(10)8-6-4-2-1-3-5-6/h3-6,12H,1-2H3;1-5,8H,(H,9,10). The van der Waals surface area contributed by atoms with Crippen molar-refractivity contribution in [1.82, 2.24) is 9.88 Å². The van der Waals surface area contributed by atoms with E-state index in [1.165, 1.54) is 6.20 Å². The SMILES string of the molecule is CN(C)C=Nc1ccncc1O.O=C(O)Nc1ccccc1. The summed E-state index contributed by atoms with van der Waals surface area (Å²) < 4.78 is 0. The van der Waals surface area contributed by atoms with Gasteiger partial charge in [0.1, 0.15) is 5.69 Å². The van der Waals surface area contributed by atoms with Crippen molar-refractivity contribution in [3.63, 3.8) is 0 Å². The number of aromatic nitrogens is 1. The van der Waals surface area contributed by atoms with Crippen molar-refractivity contribution < 1.29 is 15.0 Å². The second kappa shape index (κ2) is 8.96. The normalized spacial score (nSPS) is 9.73. The second-order valence-electron chi connectivity index (χ2n) is 4.37. The van der Waals surface area contributed by atoms with Crippen molar-refractivity contribution in [3.05, 3.63) is 48.8 Å². The molecule has 0 saturated heterocycles. The van der Waals surface area contributed by atoms with Gasteiger partial charge in [0.2, 0.25) is 0 Å². The minimum atomic E-state index is -1.04. The van der Waals surface area contributed by atoms with Gasteiger partial charge in [0.15, 0.2) is 5.75 Å². The molecule has 0 unspecified atom stereocenters. The Labute approximate surface area is 128 Å². The van der Waals surface area contributed by atoms with E-state index in [0.29, 0.717) is 11.4 Å². The van der Waals surface area contributed by atoms with Gasteiger partial charge in [0.05, 0.1) is 12.5 Å². The maximum absolute atomic E-state index is 10.1. The summed E-state index contributed by atoms with van der Waals surface area (Å²) in [4.78, 5) is 19.6. The van der Waals surface area contributed by atoms with E-state index in [-0.39, 0.29) is 5.75 Å². The number of carboxylic acid groups (broad SMARTS) is 1. The van der Waals surface area contributed by atoms with E-state index in [9.17, 15) is 9.90 Å². The van der Waals surface area contributed by atoms with Gasteiger partial charge >= 0.3 is 6.09 Å². The zero-order valence-electron chi connectivity index (χ0n) is 12.3. The molecule has 0 aliphatic heterocycles. The van der Waals surface area contributed by atoms with E-state index in [1.807, 2.05) is 20.2 Å². The lowest BCUT2D eigenvalue weighted by molar-refractivity contribution is 0.210. The first-order valence-corrected chi connectivity index (χ1v) is 6.37. The predicted molar refractivity (Wildman–Crippen MR) is 85.8 cm³/mol. The van der Waals surface area contributed by atoms with Crippen molar-refractivity contribution in [2.24, 2.45) is 4.99 Å². The van der Waals surface area contributed by atoms with Crippen molar-refractivity contribution in [1.29, 1.82) is 0 Å². The topological polar surface area (TPSA) is 98.0 Å². The van der Waals surface area contributed by atoms with Gasteiger partial charge in [-0.15, -0.1) is 0 Å². The molecule has 0 bridgehead atoms. The first-order valence-electron chi connectivity index (χ1n) is 6.37. The molecule has 0 spiro atoms. The highest BCUT2D eigenvalue weighted by Gasteiger charge is 1.95. The van der Waals surface area contributed by atoms with Crippen LogP contribution >= 0.6 is 0 Å². The van der Waals surface area contributed by atoms with Crippen LogP contribution in [-0.2, 0) is 0 Å². The number of rotatable bonds is 3. The first kappa shape index (κ1) is 17.0. The number of amides is 1. The molecule has 2 aromatic rings. The van der Waals surface area contributed by atoms with E-state index in [4.69, 9.17) is 5.11 Å². The van der Waals surface area contributed by atoms with E-state index in [2.05, 4.69) is 15.3 Å². The molecule has 1 aromatic heterocycles. The fraction of sp³-hybridized carbons (Fsp3) is 0.133. The van der Waals surface area contributed by atoms with E-state index in [1.54, 1.807) is 47.8 Å². The van der Waals surface area contributed by atoms with Crippen LogP contribution < -0.4 is 5.32 Å². The Bertz CT molecular complexity index is 615. The van der Waals surface area contributed by atoms with E-state index >= 15 is 0 Å². The highest BCUT2D eigenvalue weighted by atomic mass is 16.4. The maximum atomic E-state index is 10.1. The molecule has 3 N–H and O–H groups in total. The zero-order valence-corrected chi connectivity index (χ0v) is 12.3. The summed E-state index contributed by atoms with van der Waals surface area (Å²) in [7, 11) is 3.73. The van der Waals surface area contributed by atoms with Crippen LogP contribution in [0, 0.1) is 0 Å². The number of para-hydroxylation sites is 1. The lowest BCUT2D eigenvalue weighted by Crippen LogP contribution is -2.06. The number of pyridine rings is 1. The number of benzene rings is 1. The predicted octanol–water partition coefficient (Wildman–Crippen LogP) is 2.79. The Morgan fingerprint density at radius 1 is 1.27 bits per heavy atom. The van der Waals surface area contributed by atoms with Gasteiger partial charge in [0.25, 0.3) is 0 Å². The number of aliphatic imine (C=N–C) groups is 1. The summed E-state index contributed by atoms with van der Waals surface area (Å²) in [6.45, 7) is 0. The molecular formula is C15H18N4O3. The molecule has 2 rings (SSSR count). The molecule has 1 aromatic carbocycles. The number of anilines is 1. The quantitative estimate of drug-likeness (QED) is 0.598. The number of nitrogens with zero attached hydrogens (tertiary/aromatic N) is 3. The van der Waals surface area contributed by atoms with Crippen molar-refractivity contribution >= 4 is 23.8 Å². The molecule has 0 radical (unpaired) electrons. The molecule has 0 saturated carbocycles. The summed E-state index contributed by atoms with van der Waals surface area (Å²) in [5.41, 5.74) is 1.12. The van der Waals surface area contributed by atoms with Gasteiger partial charge in [0, 0.05) is 26.0 Å². The van der Waals surface area contributed by atoms with Gasteiger partial charge in [-0.3, -0.25) is 10.3 Å². The average Bonchev–Trinajstić information content (AvgIpc) is 2.47. The van der Waals surface area contributed by atoms with E-state index < -0.39 is 6.09 Å². The Morgan fingerprint density at radius 3 is 2.50 bits per heavy atom. The molecule has 1 amide bonds. The summed E-state index contributed by atoms with van der Waals surface area (Å²) >= 11 is 0. The fourth-order valence-electron chi connectivity index (χ4n) is 1.31. The minimum Gasteiger partial charge on any atom is -0.504 e. The summed E-state index contributed by atoms with van der Waals surface area (Å²) in [6.07, 6.45) is 3.53. The third-order valence-corrected chi connectivity index (χ3v) is 2.23. The van der Waals surface area contributed by atoms with Crippen molar-refractivity contribution in [3.8, 4) is 5.75 Å². The monoisotopic (exact) mass is 302 g/mol. The van der Waals surface area contributed by atoms with Crippen molar-refractivity contribution in [2.45, 2.75) is 0 Å². The molecule has 0 aliphatic rings. The molecule has 7 heteroatoms. The van der Waals surface area contributed by atoms with Gasteiger partial charge in [-0.05, 0) is 18.2 Å². The number of hydrogen-bond acceptors (Lipinski definition) is 4. The number of carbonyl (C=O) groups is 1. The third-order valence-electron chi connectivity index (χ3n) is 2.23. The van der Waals surface area contributed by atoms with Crippen LogP contribution in [0.3, 0.4) is 0 Å². The fourth-order valence-corrected chi connectivity index (χ4v) is 1.31. The molecule has 22 heavy (non-hydrogen) atoms. The van der Waals surface area contributed by atoms with Crippen molar-refractivity contribution in [2.75, 3.05) is 19.4 Å². The minimum absolute atomic E-state index is 0.0931. The largest absolute Gasteiger partial charge is 0.504 e. The van der Waals surface area contributed by atoms with Crippen LogP contribution in [0.25, 0.3) is 0 Å². The third kappa shape index (κ3) is 6.90. The maximum Gasteiger partial charge on any atom is 0.409 e. The Balaban J connectivity index is 0.000000224. The summed E-state index contributed by atoms with van der Waals surface area (Å²) in [6, 6.07) is 10.4.